The predicted molar refractivity (Wildman–Crippen MR) is 285 cm³/mol. The molecule has 10 rings (SSSR count). The van der Waals surface area contributed by atoms with Crippen LogP contribution in [-0.4, -0.2) is 84.5 Å². The van der Waals surface area contributed by atoms with E-state index >= 15 is 0 Å². The van der Waals surface area contributed by atoms with Gasteiger partial charge in [0.1, 0.15) is 71.0 Å². The van der Waals surface area contributed by atoms with Gasteiger partial charge in [-0.15, -0.1) is 13.3 Å². The zero-order valence-corrected chi connectivity index (χ0v) is 45.7. The SMILES string of the molecule is CC=[N-].CC=[N-].Cc1cc(-n2cc[n+](C)c2)nc(-n2cc[n+](C)c2)c1.Cc1cc(-n2ccnc2)nc(-n2ccnc2)c1.Cc1cc(Cl)nc(Cl)c1.Cc1cc(N2C=CN(C)[CH-]2)nc(N2C=CN(C)[CH-]2)c1.[Cl][Ru]. The van der Waals surface area contributed by atoms with Crippen molar-refractivity contribution in [1.82, 2.24) is 58.0 Å². The molecule has 0 aliphatic carbocycles. The van der Waals surface area contributed by atoms with Gasteiger partial charge in [-0.3, -0.25) is 9.13 Å². The molecule has 0 fully saturated rings. The molecule has 10 heterocycles. The van der Waals surface area contributed by atoms with Crippen LogP contribution in [0.1, 0.15) is 36.1 Å². The number of hydrogen-bond acceptors (Lipinski definition) is 10. The van der Waals surface area contributed by atoms with E-state index in [2.05, 4.69) is 67.7 Å². The van der Waals surface area contributed by atoms with Gasteiger partial charge < -0.3 is 30.4 Å². The summed E-state index contributed by atoms with van der Waals surface area (Å²) in [6, 6.07) is 15.9. The number of hydrogen-bond donors (Lipinski definition) is 0. The van der Waals surface area contributed by atoms with Gasteiger partial charge in [-0.2, -0.15) is 14.1 Å². The average molecular weight is 1120 g/mol. The number of aromatic nitrogens is 12. The van der Waals surface area contributed by atoms with Crippen LogP contribution in [0, 0.1) is 41.0 Å². The van der Waals surface area contributed by atoms with Crippen LogP contribution in [0.5, 0.6) is 0 Å². The summed E-state index contributed by atoms with van der Waals surface area (Å²) in [7, 11) is 12.6. The molecule has 0 spiro atoms. The van der Waals surface area contributed by atoms with Crippen molar-refractivity contribution in [2.45, 2.75) is 41.5 Å². The zero-order valence-electron chi connectivity index (χ0n) is 41.7. The third-order valence-corrected chi connectivity index (χ3v) is 9.79. The molecule has 379 valence electrons. The Kier molecular flexibility index (Phi) is 23.4. The van der Waals surface area contributed by atoms with Gasteiger partial charge in [-0.05, 0) is 125 Å². The summed E-state index contributed by atoms with van der Waals surface area (Å²) in [5.41, 5.74) is 4.55. The van der Waals surface area contributed by atoms with Gasteiger partial charge in [0.2, 0.25) is 24.3 Å². The van der Waals surface area contributed by atoms with Gasteiger partial charge in [-0.1, -0.05) is 37.0 Å². The number of nitrogens with zero attached hydrogens (tertiary/aromatic N) is 18. The number of aryl methyl sites for hydroxylation is 6. The molecule has 8 aromatic heterocycles. The third-order valence-electron chi connectivity index (χ3n) is 9.41. The molecule has 2 aliphatic rings. The Morgan fingerprint density at radius 1 is 0.500 bits per heavy atom. The van der Waals surface area contributed by atoms with Crippen LogP contribution >= 0.6 is 32.9 Å². The molecule has 0 bridgehead atoms. The van der Waals surface area contributed by atoms with E-state index in [0.29, 0.717) is 10.3 Å². The first kappa shape index (κ1) is 57.5. The van der Waals surface area contributed by atoms with Crippen LogP contribution in [0.3, 0.4) is 0 Å². The minimum atomic E-state index is 0.444. The molecule has 0 radical (unpaired) electrons. The number of pyridine rings is 4. The van der Waals surface area contributed by atoms with Crippen molar-refractivity contribution in [2.75, 3.05) is 23.9 Å². The van der Waals surface area contributed by atoms with Crippen molar-refractivity contribution >= 4 is 57.0 Å². The summed E-state index contributed by atoms with van der Waals surface area (Å²) in [4.78, 5) is 33.8. The Hall–Kier alpha value is -7.05. The van der Waals surface area contributed by atoms with Crippen molar-refractivity contribution in [3.05, 3.63) is 205 Å². The van der Waals surface area contributed by atoms with Crippen molar-refractivity contribution in [2.24, 2.45) is 14.1 Å². The van der Waals surface area contributed by atoms with E-state index in [0.717, 1.165) is 58.5 Å². The normalized spacial score (nSPS) is 11.8. The fourth-order valence-corrected chi connectivity index (χ4v) is 6.97. The van der Waals surface area contributed by atoms with Gasteiger partial charge >= 0.3 is 27.0 Å². The molecule has 0 saturated carbocycles. The first-order valence-corrected chi connectivity index (χ1v) is 24.9. The topological polar surface area (TPSA) is 162 Å². The molecular weight excluding hydrogens is 1060 g/mol. The van der Waals surface area contributed by atoms with Gasteiger partial charge in [0, 0.05) is 36.9 Å². The molecule has 0 N–H and O–H groups in total. The van der Waals surface area contributed by atoms with Crippen LogP contribution in [0.2, 0.25) is 10.3 Å². The molecule has 0 saturated heterocycles. The monoisotopic (exact) mass is 1120 g/mol. The Morgan fingerprint density at radius 3 is 1.10 bits per heavy atom. The molecule has 2 aliphatic heterocycles. The summed E-state index contributed by atoms with van der Waals surface area (Å²) in [6.07, 6.45) is 32.7. The number of imidazole rings is 4. The second-order valence-electron chi connectivity index (χ2n) is 15.8. The van der Waals surface area contributed by atoms with E-state index in [9.17, 15) is 0 Å². The maximum atomic E-state index is 7.44. The molecular formula is C50H58Cl3N18Ru-2. The number of anilines is 2. The summed E-state index contributed by atoms with van der Waals surface area (Å²) < 4.78 is 11.8. The first-order valence-electron chi connectivity index (χ1n) is 21.9. The molecule has 18 nitrogen and oxygen atoms in total. The van der Waals surface area contributed by atoms with E-state index < -0.39 is 0 Å². The standard InChI is InChI=1S/2C14H17N5.C12H11N5.C6H5Cl2N.2C2H4N.ClH.Ru/c2*1-12-8-13(18-6-4-16(2)10-18)15-14(9-12)19-7-5-17(3)11-19;1-10-6-11(16-4-2-13-8-16)15-12(7-10)17-5-3-14-9-17;1-4-2-5(7)9-6(8)3-4;2*1-2-3;;/h2*4-11H,1-3H3;2-9H,1H3;2-3H,1H3;2*2H,1H3;1H;/q-2;+2;;;2*-1;;+1/p-1. The van der Waals surface area contributed by atoms with Gasteiger partial charge in [0.05, 0.1) is 14.1 Å². The van der Waals surface area contributed by atoms with Crippen molar-refractivity contribution < 1.29 is 26.4 Å². The quantitative estimate of drug-likeness (QED) is 0.0516. The second-order valence-corrected chi connectivity index (χ2v) is 16.5. The molecule has 0 unspecified atom stereocenters. The van der Waals surface area contributed by atoms with Gasteiger partial charge in [0.25, 0.3) is 0 Å². The zero-order chi connectivity index (χ0) is 52.7. The van der Waals surface area contributed by atoms with Crippen LogP contribution in [0.15, 0.2) is 148 Å². The Labute approximate surface area is 446 Å². The first-order chi connectivity index (χ1) is 34.6. The van der Waals surface area contributed by atoms with Crippen LogP contribution in [-0.2, 0) is 31.4 Å². The van der Waals surface area contributed by atoms with E-state index in [1.54, 1.807) is 51.0 Å². The summed E-state index contributed by atoms with van der Waals surface area (Å²) in [5, 5.41) is 15.8. The predicted octanol–water partition coefficient (Wildman–Crippen LogP) is 9.13. The van der Waals surface area contributed by atoms with E-state index in [1.165, 1.54) is 11.1 Å². The Morgan fingerprint density at radius 2 is 0.819 bits per heavy atom. The van der Waals surface area contributed by atoms with Crippen molar-refractivity contribution in [1.29, 1.82) is 0 Å². The van der Waals surface area contributed by atoms with Crippen molar-refractivity contribution in [3.63, 3.8) is 0 Å². The summed E-state index contributed by atoms with van der Waals surface area (Å²) in [6.45, 7) is 15.2. The van der Waals surface area contributed by atoms with E-state index in [1.807, 2.05) is 206 Å². The van der Waals surface area contributed by atoms with Gasteiger partial charge in [0.15, 0.2) is 0 Å². The fraction of sp³-hybridized carbons (Fsp3) is 0.200. The Balaban J connectivity index is 0.000000203. The Bertz CT molecular complexity index is 2760. The summed E-state index contributed by atoms with van der Waals surface area (Å²) >= 11 is 12.9. The third kappa shape index (κ3) is 18.3. The average Bonchev–Trinajstić information content (AvgIpc) is 4.20. The van der Waals surface area contributed by atoms with Crippen molar-refractivity contribution in [3.8, 4) is 23.3 Å². The maximum absolute atomic E-state index is 7.44. The van der Waals surface area contributed by atoms with Gasteiger partial charge in [-0.25, -0.2) is 46.5 Å². The molecule has 0 aromatic carbocycles. The molecule has 22 heteroatoms. The van der Waals surface area contributed by atoms with Crippen LogP contribution in [0.4, 0.5) is 11.6 Å². The number of halogens is 3. The number of rotatable bonds is 6. The minimum absolute atomic E-state index is 0.444. The van der Waals surface area contributed by atoms with Crippen LogP contribution < -0.4 is 18.9 Å². The summed E-state index contributed by atoms with van der Waals surface area (Å²) in [5.74, 6) is 5.40. The second kappa shape index (κ2) is 29.3. The fourth-order valence-electron chi connectivity index (χ4n) is 6.40. The van der Waals surface area contributed by atoms with E-state index in [4.69, 9.17) is 44.0 Å². The van der Waals surface area contributed by atoms with E-state index in [-0.39, 0.29) is 0 Å². The molecule has 0 atom stereocenters. The molecule has 8 aromatic rings. The molecule has 72 heavy (non-hydrogen) atoms. The molecule has 0 amide bonds. The van der Waals surface area contributed by atoms with Crippen LogP contribution in [0.25, 0.3) is 34.1 Å².